The number of ether oxygens (including phenoxy) is 3. The summed E-state index contributed by atoms with van der Waals surface area (Å²) in [4.78, 5) is 96.5. The summed E-state index contributed by atoms with van der Waals surface area (Å²) in [6.45, 7) is 14.7. The number of hydrogen-bond acceptors (Lipinski definition) is 11. The van der Waals surface area contributed by atoms with Crippen molar-refractivity contribution in [1.29, 1.82) is 0 Å². The van der Waals surface area contributed by atoms with E-state index in [-0.39, 0.29) is 57.4 Å². The van der Waals surface area contributed by atoms with Crippen molar-refractivity contribution in [1.82, 2.24) is 31.9 Å². The quantitative estimate of drug-likeness (QED) is 0.0579. The second kappa shape index (κ2) is 22.2. The fourth-order valence-electron chi connectivity index (χ4n) is 3.61. The molecule has 0 bridgehead atoms. The maximum absolute atomic E-state index is 12.7. The summed E-state index contributed by atoms with van der Waals surface area (Å²) in [6.07, 6.45) is -0.238. The summed E-state index contributed by atoms with van der Waals surface area (Å²) >= 11 is 0. The van der Waals surface area contributed by atoms with Crippen LogP contribution in [-0.2, 0) is 47.8 Å². The van der Waals surface area contributed by atoms with Crippen LogP contribution in [0.4, 0.5) is 4.79 Å². The van der Waals surface area contributed by atoms with Gasteiger partial charge < -0.3 is 45.9 Å². The molecule has 0 rings (SSSR count). The van der Waals surface area contributed by atoms with Crippen LogP contribution >= 0.6 is 0 Å². The number of alkyl carbamates (subject to hydrolysis) is 1. The van der Waals surface area contributed by atoms with Crippen LogP contribution in [0.5, 0.6) is 0 Å². The largest absolute Gasteiger partial charge is 0.481 e. The van der Waals surface area contributed by atoms with Gasteiger partial charge in [0.15, 0.2) is 0 Å². The summed E-state index contributed by atoms with van der Waals surface area (Å²) in [7, 11) is 0. The molecular formula is C33H56N6O12. The lowest BCUT2D eigenvalue weighted by atomic mass is 9.90. The summed E-state index contributed by atoms with van der Waals surface area (Å²) < 4.78 is 15.9. The SMILES string of the molecule is CC(C)COC(=O)C/C=C(/NC(=O)OC(C)(C)C)C(=O)NCC(=O)NCC(=O)NCC(=O)NCC(=O)NCC(C)(C)COCC(C)(C)CC(=O)O. The van der Waals surface area contributed by atoms with E-state index in [2.05, 4.69) is 31.9 Å². The first-order chi connectivity index (χ1) is 23.4. The highest BCUT2D eigenvalue weighted by atomic mass is 16.6. The maximum atomic E-state index is 12.7. The first-order valence-corrected chi connectivity index (χ1v) is 16.4. The number of esters is 1. The molecule has 0 unspecified atom stereocenters. The van der Waals surface area contributed by atoms with Crippen molar-refractivity contribution in [3.05, 3.63) is 11.8 Å². The van der Waals surface area contributed by atoms with Gasteiger partial charge in [0.05, 0.1) is 58.8 Å². The topological polar surface area (TPSA) is 257 Å². The highest BCUT2D eigenvalue weighted by Crippen LogP contribution is 2.22. The Morgan fingerprint density at radius 3 is 1.63 bits per heavy atom. The van der Waals surface area contributed by atoms with Crippen LogP contribution in [0.3, 0.4) is 0 Å². The third-order valence-corrected chi connectivity index (χ3v) is 6.06. The number of hydrogen-bond donors (Lipinski definition) is 7. The van der Waals surface area contributed by atoms with Crippen LogP contribution in [0.2, 0.25) is 0 Å². The van der Waals surface area contributed by atoms with Crippen LogP contribution in [0.15, 0.2) is 11.8 Å². The van der Waals surface area contributed by atoms with Gasteiger partial charge in [0, 0.05) is 12.0 Å². The molecule has 7 N–H and O–H groups in total. The Kier molecular flexibility index (Phi) is 20.1. The first kappa shape index (κ1) is 46.3. The van der Waals surface area contributed by atoms with Crippen LogP contribution < -0.4 is 31.9 Å². The number of carbonyl (C=O) groups is 8. The Balaban J connectivity index is 4.62. The lowest BCUT2D eigenvalue weighted by Gasteiger charge is -2.28. The molecule has 290 valence electrons. The predicted molar refractivity (Wildman–Crippen MR) is 184 cm³/mol. The minimum atomic E-state index is -0.966. The van der Waals surface area contributed by atoms with E-state index in [1.54, 1.807) is 34.6 Å². The average molecular weight is 729 g/mol. The predicted octanol–water partition coefficient (Wildman–Crippen LogP) is 0.109. The number of amides is 6. The molecule has 0 aromatic rings. The molecule has 0 saturated heterocycles. The van der Waals surface area contributed by atoms with Crippen LogP contribution in [0, 0.1) is 16.7 Å². The van der Waals surface area contributed by atoms with Crippen LogP contribution in [0.1, 0.15) is 75.2 Å². The van der Waals surface area contributed by atoms with Gasteiger partial charge in [-0.25, -0.2) is 4.79 Å². The van der Waals surface area contributed by atoms with E-state index in [9.17, 15) is 38.4 Å². The smallest absolute Gasteiger partial charge is 0.412 e. The highest BCUT2D eigenvalue weighted by molar-refractivity contribution is 5.99. The Bertz CT molecular complexity index is 1270. The summed E-state index contributed by atoms with van der Waals surface area (Å²) in [5.74, 6) is -5.02. The van der Waals surface area contributed by atoms with E-state index < -0.39 is 83.6 Å². The molecule has 0 aliphatic carbocycles. The molecule has 18 nitrogen and oxygen atoms in total. The molecule has 0 heterocycles. The maximum Gasteiger partial charge on any atom is 0.412 e. The van der Waals surface area contributed by atoms with E-state index in [4.69, 9.17) is 19.3 Å². The molecule has 0 spiro atoms. The lowest BCUT2D eigenvalue weighted by Crippen LogP contribution is -2.47. The number of rotatable bonds is 22. The Morgan fingerprint density at radius 1 is 0.686 bits per heavy atom. The van der Waals surface area contributed by atoms with Crippen molar-refractivity contribution in [2.75, 3.05) is 52.5 Å². The number of carbonyl (C=O) groups excluding carboxylic acids is 7. The van der Waals surface area contributed by atoms with E-state index in [1.807, 2.05) is 27.7 Å². The second-order valence-corrected chi connectivity index (χ2v) is 14.7. The van der Waals surface area contributed by atoms with E-state index in [1.165, 1.54) is 0 Å². The zero-order valence-electron chi connectivity index (χ0n) is 31.2. The number of aliphatic carboxylic acids is 1. The average Bonchev–Trinajstić information content (AvgIpc) is 2.98. The third-order valence-electron chi connectivity index (χ3n) is 6.06. The molecule has 0 radical (unpaired) electrons. The minimum Gasteiger partial charge on any atom is -0.481 e. The zero-order valence-corrected chi connectivity index (χ0v) is 31.2. The van der Waals surface area contributed by atoms with Crippen LogP contribution in [-0.4, -0.2) is 111 Å². The summed E-state index contributed by atoms with van der Waals surface area (Å²) in [5.41, 5.74) is -2.26. The van der Waals surface area contributed by atoms with Crippen molar-refractivity contribution < 1.29 is 57.7 Å². The molecule has 0 aliphatic rings. The van der Waals surface area contributed by atoms with Crippen molar-refractivity contribution >= 4 is 47.6 Å². The summed E-state index contributed by atoms with van der Waals surface area (Å²) in [6, 6.07) is 0. The summed E-state index contributed by atoms with van der Waals surface area (Å²) in [5, 5.41) is 23.1. The fraction of sp³-hybridized carbons (Fsp3) is 0.697. The zero-order chi connectivity index (χ0) is 39.4. The molecule has 0 fully saturated rings. The van der Waals surface area contributed by atoms with E-state index in [0.29, 0.717) is 0 Å². The molecule has 0 saturated carbocycles. The van der Waals surface area contributed by atoms with Gasteiger partial charge in [-0.15, -0.1) is 0 Å². The standard InChI is InChI=1S/C33H56N6O12/c1-21(2)17-50-28(46)11-10-22(39-30(48)51-31(3,4)5)29(47)37-16-25(42)35-14-23(40)34-13-24(41)36-15-26(43)38-18-33(8,9)20-49-19-32(6,7)12-27(44)45/h10,21H,11-20H2,1-9H3,(H,34,40)(H,35,42)(H,36,41)(H,37,47)(H,38,43)(H,39,48)(H,44,45)/b22-10+. The third kappa shape index (κ3) is 25.8. The Hall–Kier alpha value is -4.74. The highest BCUT2D eigenvalue weighted by Gasteiger charge is 2.25. The second-order valence-electron chi connectivity index (χ2n) is 14.7. The number of carboxylic acids is 1. The monoisotopic (exact) mass is 728 g/mol. The number of carboxylic acid groups (broad SMARTS) is 1. The molecule has 6 amide bonds. The first-order valence-electron chi connectivity index (χ1n) is 16.4. The molecule has 0 atom stereocenters. The normalized spacial score (nSPS) is 11.9. The van der Waals surface area contributed by atoms with Crippen molar-refractivity contribution in [2.45, 2.75) is 80.8 Å². The fourth-order valence-corrected chi connectivity index (χ4v) is 3.61. The molecule has 18 heteroatoms. The van der Waals surface area contributed by atoms with Gasteiger partial charge >= 0.3 is 18.0 Å². The van der Waals surface area contributed by atoms with Gasteiger partial charge in [0.1, 0.15) is 11.3 Å². The molecule has 0 aromatic heterocycles. The van der Waals surface area contributed by atoms with Crippen molar-refractivity contribution in [3.8, 4) is 0 Å². The van der Waals surface area contributed by atoms with Gasteiger partial charge in [-0.3, -0.25) is 38.9 Å². The van der Waals surface area contributed by atoms with Crippen LogP contribution in [0.25, 0.3) is 0 Å². The van der Waals surface area contributed by atoms with Crippen molar-refractivity contribution in [2.24, 2.45) is 16.7 Å². The molecule has 51 heavy (non-hydrogen) atoms. The van der Waals surface area contributed by atoms with Crippen molar-refractivity contribution in [3.63, 3.8) is 0 Å². The molecular weight excluding hydrogens is 672 g/mol. The van der Waals surface area contributed by atoms with E-state index in [0.717, 1.165) is 6.08 Å². The van der Waals surface area contributed by atoms with E-state index >= 15 is 0 Å². The minimum absolute atomic E-state index is 0.0448. The Labute approximate surface area is 298 Å². The van der Waals surface area contributed by atoms with Gasteiger partial charge in [0.25, 0.3) is 5.91 Å². The molecule has 0 aromatic carbocycles. The van der Waals surface area contributed by atoms with Gasteiger partial charge in [-0.05, 0) is 38.2 Å². The number of nitrogens with one attached hydrogen (secondary N) is 6. The lowest BCUT2D eigenvalue weighted by molar-refractivity contribution is -0.144. The van der Waals surface area contributed by atoms with Gasteiger partial charge in [-0.1, -0.05) is 41.5 Å². The van der Waals surface area contributed by atoms with Gasteiger partial charge in [0.2, 0.25) is 23.6 Å². The Morgan fingerprint density at radius 2 is 1.16 bits per heavy atom. The van der Waals surface area contributed by atoms with Gasteiger partial charge in [-0.2, -0.15) is 0 Å². The molecule has 0 aliphatic heterocycles.